The maximum atomic E-state index is 11.6. The molecule has 0 bridgehead atoms. The minimum Gasteiger partial charge on any atom is -0.481 e. The van der Waals surface area contributed by atoms with Crippen molar-refractivity contribution in [2.45, 2.75) is 39.0 Å². The quantitative estimate of drug-likeness (QED) is 0.737. The summed E-state index contributed by atoms with van der Waals surface area (Å²) in [5.41, 5.74) is 1.83. The first-order valence-electron chi connectivity index (χ1n) is 5.97. The van der Waals surface area contributed by atoms with Crippen LogP contribution in [0.15, 0.2) is 24.3 Å². The number of aliphatic carboxylic acids is 1. The molecule has 0 aromatic heterocycles. The maximum Gasteiger partial charge on any atom is 0.303 e. The normalized spacial score (nSPS) is 10.2. The number of carboxylic acids is 1. The van der Waals surface area contributed by atoms with Crippen molar-refractivity contribution in [3.63, 3.8) is 0 Å². The van der Waals surface area contributed by atoms with E-state index >= 15 is 0 Å². The van der Waals surface area contributed by atoms with Crippen LogP contribution in [0.25, 0.3) is 0 Å². The summed E-state index contributed by atoms with van der Waals surface area (Å²) in [5, 5.41) is 8.50. The zero-order valence-electron chi connectivity index (χ0n) is 10.1. The number of rotatable bonds is 7. The van der Waals surface area contributed by atoms with Crippen LogP contribution in [-0.4, -0.2) is 16.9 Å². The second kappa shape index (κ2) is 6.84. The van der Waals surface area contributed by atoms with Crippen molar-refractivity contribution in [1.82, 2.24) is 0 Å². The van der Waals surface area contributed by atoms with Gasteiger partial charge in [0.25, 0.3) is 0 Å². The smallest absolute Gasteiger partial charge is 0.303 e. The molecule has 0 radical (unpaired) electrons. The van der Waals surface area contributed by atoms with Crippen LogP contribution in [0.3, 0.4) is 0 Å². The van der Waals surface area contributed by atoms with Gasteiger partial charge in [0.05, 0.1) is 6.42 Å². The highest BCUT2D eigenvalue weighted by Crippen LogP contribution is 2.10. The number of aryl methyl sites for hydroxylation is 1. The molecule has 3 nitrogen and oxygen atoms in total. The molecule has 0 amide bonds. The van der Waals surface area contributed by atoms with Crippen LogP contribution in [0.1, 0.15) is 48.5 Å². The Morgan fingerprint density at radius 3 is 2.29 bits per heavy atom. The average molecular weight is 234 g/mol. The van der Waals surface area contributed by atoms with Gasteiger partial charge in [0, 0.05) is 12.0 Å². The van der Waals surface area contributed by atoms with Gasteiger partial charge < -0.3 is 5.11 Å². The molecule has 0 unspecified atom stereocenters. The van der Waals surface area contributed by atoms with Crippen molar-refractivity contribution in [2.24, 2.45) is 0 Å². The second-order valence-electron chi connectivity index (χ2n) is 4.12. The lowest BCUT2D eigenvalue weighted by atomic mass is 10.0. The lowest BCUT2D eigenvalue weighted by Crippen LogP contribution is -2.03. The van der Waals surface area contributed by atoms with Crippen LogP contribution in [0, 0.1) is 0 Å². The Morgan fingerprint density at radius 2 is 1.76 bits per heavy atom. The van der Waals surface area contributed by atoms with E-state index in [4.69, 9.17) is 5.11 Å². The molecule has 0 atom stereocenters. The minimum absolute atomic E-state index is 0.0731. The Morgan fingerprint density at radius 1 is 1.12 bits per heavy atom. The largest absolute Gasteiger partial charge is 0.481 e. The third kappa shape index (κ3) is 4.81. The van der Waals surface area contributed by atoms with E-state index in [-0.39, 0.29) is 18.6 Å². The molecule has 1 N–H and O–H groups in total. The van der Waals surface area contributed by atoms with Gasteiger partial charge in [-0.05, 0) is 18.4 Å². The first-order valence-corrected chi connectivity index (χ1v) is 5.97. The highest BCUT2D eigenvalue weighted by atomic mass is 16.4. The maximum absolute atomic E-state index is 11.6. The number of carbonyl (C=O) groups is 2. The third-order valence-corrected chi connectivity index (χ3v) is 2.66. The number of ketones is 1. The third-order valence-electron chi connectivity index (χ3n) is 2.66. The van der Waals surface area contributed by atoms with E-state index in [0.29, 0.717) is 5.56 Å². The van der Waals surface area contributed by atoms with Crippen LogP contribution in [0.2, 0.25) is 0 Å². The van der Waals surface area contributed by atoms with E-state index in [9.17, 15) is 9.59 Å². The second-order valence-corrected chi connectivity index (χ2v) is 4.12. The topological polar surface area (TPSA) is 54.4 Å². The highest BCUT2D eigenvalue weighted by Gasteiger charge is 2.08. The summed E-state index contributed by atoms with van der Waals surface area (Å²) in [5.74, 6) is -1.03. The molecule has 1 aromatic rings. The first kappa shape index (κ1) is 13.4. The van der Waals surface area contributed by atoms with Crippen molar-refractivity contribution >= 4 is 11.8 Å². The Labute approximate surface area is 101 Å². The zero-order valence-corrected chi connectivity index (χ0v) is 10.1. The lowest BCUT2D eigenvalue weighted by Gasteiger charge is -2.02. The molecule has 0 heterocycles. The fraction of sp³-hybridized carbons (Fsp3) is 0.429. The van der Waals surface area contributed by atoms with E-state index in [0.717, 1.165) is 19.3 Å². The van der Waals surface area contributed by atoms with Crippen LogP contribution < -0.4 is 0 Å². The number of benzene rings is 1. The summed E-state index contributed by atoms with van der Waals surface area (Å²) < 4.78 is 0. The molecule has 3 heteroatoms. The van der Waals surface area contributed by atoms with Gasteiger partial charge in [-0.25, -0.2) is 0 Å². The van der Waals surface area contributed by atoms with Crippen LogP contribution >= 0.6 is 0 Å². The molecule has 0 aliphatic heterocycles. The van der Waals surface area contributed by atoms with Gasteiger partial charge in [0.1, 0.15) is 0 Å². The fourth-order valence-electron chi connectivity index (χ4n) is 1.60. The SMILES string of the molecule is CCCCc1ccc(C(=O)CCC(=O)O)cc1. The van der Waals surface area contributed by atoms with Gasteiger partial charge in [-0.15, -0.1) is 0 Å². The number of Topliss-reactive ketones (excluding diaryl/α,β-unsaturated/α-hetero) is 1. The summed E-state index contributed by atoms with van der Waals surface area (Å²) in [6, 6.07) is 7.47. The standard InChI is InChI=1S/C14H18O3/c1-2-3-4-11-5-7-12(8-6-11)13(15)9-10-14(16)17/h5-8H,2-4,9-10H2,1H3,(H,16,17). The Bertz CT molecular complexity index is 379. The van der Waals surface area contributed by atoms with Crippen molar-refractivity contribution in [1.29, 1.82) is 0 Å². The number of carboxylic acid groups (broad SMARTS) is 1. The number of unbranched alkanes of at least 4 members (excludes halogenated alkanes) is 1. The van der Waals surface area contributed by atoms with Gasteiger partial charge in [-0.2, -0.15) is 0 Å². The predicted molar refractivity (Wildman–Crippen MR) is 66.3 cm³/mol. The Kier molecular flexibility index (Phi) is 5.40. The van der Waals surface area contributed by atoms with E-state index in [1.807, 2.05) is 12.1 Å². The molecule has 0 fully saturated rings. The highest BCUT2D eigenvalue weighted by molar-refractivity contribution is 5.97. The van der Waals surface area contributed by atoms with Crippen LogP contribution in [-0.2, 0) is 11.2 Å². The molecule has 0 saturated carbocycles. The van der Waals surface area contributed by atoms with Crippen LogP contribution in [0.5, 0.6) is 0 Å². The molecular formula is C14H18O3. The lowest BCUT2D eigenvalue weighted by molar-refractivity contribution is -0.136. The van der Waals surface area contributed by atoms with Crippen molar-refractivity contribution in [2.75, 3.05) is 0 Å². The van der Waals surface area contributed by atoms with Gasteiger partial charge in [0.2, 0.25) is 0 Å². The molecule has 1 aromatic carbocycles. The van der Waals surface area contributed by atoms with E-state index in [1.54, 1.807) is 12.1 Å². The first-order chi connectivity index (χ1) is 8.13. The summed E-state index contributed by atoms with van der Waals surface area (Å²) in [6.45, 7) is 2.14. The zero-order chi connectivity index (χ0) is 12.7. The van der Waals surface area contributed by atoms with Crippen LogP contribution in [0.4, 0.5) is 0 Å². The molecule has 92 valence electrons. The predicted octanol–water partition coefficient (Wildman–Crippen LogP) is 3.08. The number of hydrogen-bond donors (Lipinski definition) is 1. The summed E-state index contributed by atoms with van der Waals surface area (Å²) in [4.78, 5) is 22.0. The fourth-order valence-corrected chi connectivity index (χ4v) is 1.60. The van der Waals surface area contributed by atoms with E-state index < -0.39 is 5.97 Å². The average Bonchev–Trinajstić information content (AvgIpc) is 2.34. The molecule has 1 rings (SSSR count). The molecule has 0 aliphatic rings. The van der Waals surface area contributed by atoms with Gasteiger partial charge >= 0.3 is 5.97 Å². The summed E-state index contributed by atoms with van der Waals surface area (Å²) in [6.07, 6.45) is 3.30. The van der Waals surface area contributed by atoms with Gasteiger partial charge in [-0.1, -0.05) is 37.6 Å². The Hall–Kier alpha value is -1.64. The summed E-state index contributed by atoms with van der Waals surface area (Å²) >= 11 is 0. The van der Waals surface area contributed by atoms with Crippen molar-refractivity contribution in [3.05, 3.63) is 35.4 Å². The molecule has 0 saturated heterocycles. The van der Waals surface area contributed by atoms with Crippen molar-refractivity contribution in [3.8, 4) is 0 Å². The van der Waals surface area contributed by atoms with Gasteiger partial charge in [-0.3, -0.25) is 9.59 Å². The molecule has 0 aliphatic carbocycles. The van der Waals surface area contributed by atoms with E-state index in [1.165, 1.54) is 5.56 Å². The van der Waals surface area contributed by atoms with Crippen molar-refractivity contribution < 1.29 is 14.7 Å². The monoisotopic (exact) mass is 234 g/mol. The minimum atomic E-state index is -0.932. The Balaban J connectivity index is 2.54. The number of carbonyl (C=O) groups excluding carboxylic acids is 1. The summed E-state index contributed by atoms with van der Waals surface area (Å²) in [7, 11) is 0. The molecular weight excluding hydrogens is 216 g/mol. The molecule has 17 heavy (non-hydrogen) atoms. The van der Waals surface area contributed by atoms with Gasteiger partial charge in [0.15, 0.2) is 5.78 Å². The van der Waals surface area contributed by atoms with E-state index in [2.05, 4.69) is 6.92 Å². The molecule has 0 spiro atoms. The number of hydrogen-bond acceptors (Lipinski definition) is 2.